The first-order valence-electron chi connectivity index (χ1n) is 9.02. The molecule has 0 spiro atoms. The van der Waals surface area contributed by atoms with Gasteiger partial charge in [-0.25, -0.2) is 9.97 Å². The molecule has 0 bridgehead atoms. The minimum absolute atomic E-state index is 0.00384. The molecule has 1 atom stereocenters. The number of fused-ring (bicyclic) bond motifs is 1. The zero-order valence-corrected chi connectivity index (χ0v) is 15.9. The number of carbonyl (C=O) groups is 1. The minimum Gasteiger partial charge on any atom is -0.484 e. The number of amides is 1. The van der Waals surface area contributed by atoms with Gasteiger partial charge in [-0.05, 0) is 42.7 Å². The van der Waals surface area contributed by atoms with Crippen LogP contribution in [0.15, 0.2) is 42.6 Å². The van der Waals surface area contributed by atoms with Crippen molar-refractivity contribution in [3.63, 3.8) is 0 Å². The number of rotatable bonds is 5. The van der Waals surface area contributed by atoms with Crippen LogP contribution in [0.25, 0.3) is 11.2 Å². The van der Waals surface area contributed by atoms with Crippen LogP contribution in [0.2, 0.25) is 5.02 Å². The van der Waals surface area contributed by atoms with E-state index in [2.05, 4.69) is 9.97 Å². The van der Waals surface area contributed by atoms with Crippen LogP contribution in [0.5, 0.6) is 5.75 Å². The third-order valence-electron chi connectivity index (χ3n) is 4.99. The maximum atomic E-state index is 12.4. The molecule has 1 aromatic carbocycles. The molecule has 1 amide bonds. The number of aromatic nitrogens is 3. The molecule has 3 heterocycles. The molecule has 1 aliphatic heterocycles. The fraction of sp³-hybridized carbons (Fsp3) is 0.350. The Labute approximate surface area is 162 Å². The number of hydrogen-bond donors (Lipinski definition) is 0. The summed E-state index contributed by atoms with van der Waals surface area (Å²) in [6, 6.07) is 11.0. The zero-order chi connectivity index (χ0) is 18.8. The van der Waals surface area contributed by atoms with Gasteiger partial charge >= 0.3 is 0 Å². The molecule has 2 aromatic heterocycles. The topological polar surface area (TPSA) is 60.2 Å². The second-order valence-electron chi connectivity index (χ2n) is 6.88. The lowest BCUT2D eigenvalue weighted by atomic mass is 10.0. The van der Waals surface area contributed by atoms with Gasteiger partial charge in [0.05, 0.1) is 0 Å². The molecule has 1 fully saturated rings. The molecule has 0 unspecified atom stereocenters. The van der Waals surface area contributed by atoms with E-state index in [9.17, 15) is 4.79 Å². The van der Waals surface area contributed by atoms with Crippen molar-refractivity contribution >= 4 is 28.7 Å². The number of halogens is 1. The van der Waals surface area contributed by atoms with Gasteiger partial charge in [0.2, 0.25) is 0 Å². The van der Waals surface area contributed by atoms with Crippen molar-refractivity contribution in [2.24, 2.45) is 13.0 Å². The summed E-state index contributed by atoms with van der Waals surface area (Å²) in [5.41, 5.74) is 1.81. The highest BCUT2D eigenvalue weighted by molar-refractivity contribution is 6.30. The number of imidazole rings is 1. The highest BCUT2D eigenvalue weighted by Gasteiger charge is 2.27. The molecule has 0 aliphatic carbocycles. The van der Waals surface area contributed by atoms with E-state index in [4.69, 9.17) is 16.3 Å². The first-order valence-corrected chi connectivity index (χ1v) is 9.40. The fourth-order valence-corrected chi connectivity index (χ4v) is 3.71. The van der Waals surface area contributed by atoms with Crippen molar-refractivity contribution in [3.8, 4) is 5.75 Å². The van der Waals surface area contributed by atoms with Crippen molar-refractivity contribution in [1.29, 1.82) is 0 Å². The fourth-order valence-electron chi connectivity index (χ4n) is 3.53. The first-order chi connectivity index (χ1) is 13.1. The van der Waals surface area contributed by atoms with E-state index in [-0.39, 0.29) is 12.5 Å². The van der Waals surface area contributed by atoms with Crippen molar-refractivity contribution in [1.82, 2.24) is 19.4 Å². The van der Waals surface area contributed by atoms with Gasteiger partial charge in [-0.2, -0.15) is 0 Å². The van der Waals surface area contributed by atoms with Gasteiger partial charge < -0.3 is 14.2 Å². The van der Waals surface area contributed by atoms with Crippen LogP contribution in [0.3, 0.4) is 0 Å². The van der Waals surface area contributed by atoms with Gasteiger partial charge in [-0.3, -0.25) is 4.79 Å². The van der Waals surface area contributed by atoms with E-state index in [0.717, 1.165) is 42.9 Å². The van der Waals surface area contributed by atoms with Crippen molar-refractivity contribution in [3.05, 3.63) is 53.4 Å². The lowest BCUT2D eigenvalue weighted by molar-refractivity contribution is -0.132. The molecule has 0 saturated carbocycles. The molecular weight excluding hydrogens is 364 g/mol. The van der Waals surface area contributed by atoms with Crippen LogP contribution in [-0.4, -0.2) is 45.0 Å². The molecule has 140 valence electrons. The van der Waals surface area contributed by atoms with Crippen LogP contribution in [-0.2, 0) is 18.3 Å². The van der Waals surface area contributed by atoms with E-state index in [1.54, 1.807) is 30.5 Å². The molecule has 27 heavy (non-hydrogen) atoms. The van der Waals surface area contributed by atoms with Crippen LogP contribution in [0.4, 0.5) is 0 Å². The van der Waals surface area contributed by atoms with Gasteiger partial charge in [0.1, 0.15) is 17.1 Å². The maximum absolute atomic E-state index is 12.4. The Morgan fingerprint density at radius 3 is 3.04 bits per heavy atom. The SMILES string of the molecule is Cn1c(C[C@@H]2CCN(C(=O)COc3cccc(Cl)c3)C2)nc2cccnc21. The normalized spacial score (nSPS) is 16.8. The van der Waals surface area contributed by atoms with Crippen LogP contribution < -0.4 is 4.74 Å². The van der Waals surface area contributed by atoms with Gasteiger partial charge in [0.15, 0.2) is 12.3 Å². The van der Waals surface area contributed by atoms with Crippen molar-refractivity contribution in [2.75, 3.05) is 19.7 Å². The summed E-state index contributed by atoms with van der Waals surface area (Å²) in [6.45, 7) is 1.52. The van der Waals surface area contributed by atoms with Crippen LogP contribution in [0, 0.1) is 5.92 Å². The molecule has 1 saturated heterocycles. The molecule has 0 radical (unpaired) electrons. The summed E-state index contributed by atoms with van der Waals surface area (Å²) in [7, 11) is 1.99. The second kappa shape index (κ2) is 7.56. The first kappa shape index (κ1) is 17.8. The Morgan fingerprint density at radius 2 is 2.22 bits per heavy atom. The van der Waals surface area contributed by atoms with Gasteiger partial charge in [-0.15, -0.1) is 0 Å². The van der Waals surface area contributed by atoms with Crippen LogP contribution >= 0.6 is 11.6 Å². The Hall–Kier alpha value is -2.60. The Bertz CT molecular complexity index is 972. The predicted octanol–water partition coefficient (Wildman–Crippen LogP) is 3.09. The number of carbonyl (C=O) groups excluding carboxylic acids is 1. The number of ether oxygens (including phenoxy) is 1. The number of aryl methyl sites for hydroxylation is 1. The molecule has 4 rings (SSSR count). The third kappa shape index (κ3) is 3.90. The van der Waals surface area contributed by atoms with E-state index < -0.39 is 0 Å². The van der Waals surface area contributed by atoms with E-state index in [1.165, 1.54) is 0 Å². The minimum atomic E-state index is 0.00384. The number of nitrogens with zero attached hydrogens (tertiary/aromatic N) is 4. The van der Waals surface area contributed by atoms with Gasteiger partial charge in [0, 0.05) is 37.8 Å². The average Bonchev–Trinajstić information content (AvgIpc) is 3.26. The number of likely N-dealkylation sites (tertiary alicyclic amines) is 1. The highest BCUT2D eigenvalue weighted by atomic mass is 35.5. The second-order valence-corrected chi connectivity index (χ2v) is 7.31. The molecule has 6 nitrogen and oxygen atoms in total. The van der Waals surface area contributed by atoms with E-state index >= 15 is 0 Å². The molecule has 1 aliphatic rings. The number of benzene rings is 1. The summed E-state index contributed by atoms with van der Waals surface area (Å²) in [6.07, 6.45) is 3.59. The Kier molecular flexibility index (Phi) is 4.99. The average molecular weight is 385 g/mol. The monoisotopic (exact) mass is 384 g/mol. The summed E-state index contributed by atoms with van der Waals surface area (Å²) in [5, 5.41) is 0.595. The largest absolute Gasteiger partial charge is 0.484 e. The molecular formula is C20H21ClN4O2. The smallest absolute Gasteiger partial charge is 0.260 e. The molecule has 7 heteroatoms. The van der Waals surface area contributed by atoms with E-state index in [1.807, 2.05) is 28.6 Å². The lowest BCUT2D eigenvalue weighted by Gasteiger charge is -2.17. The summed E-state index contributed by atoms with van der Waals surface area (Å²) < 4.78 is 7.62. The molecule has 0 N–H and O–H groups in total. The quantitative estimate of drug-likeness (QED) is 0.678. The Morgan fingerprint density at radius 1 is 1.33 bits per heavy atom. The van der Waals surface area contributed by atoms with Crippen LogP contribution in [0.1, 0.15) is 12.2 Å². The molecule has 3 aromatic rings. The standard InChI is InChI=1S/C20H21ClN4O2/c1-24-18(23-17-6-3-8-22-20(17)24)10-14-7-9-25(12-14)19(26)13-27-16-5-2-4-15(21)11-16/h2-6,8,11,14H,7,9-10,12-13H2,1H3/t14-/m0/s1. The number of hydrogen-bond acceptors (Lipinski definition) is 4. The van der Waals surface area contributed by atoms with Gasteiger partial charge in [-0.1, -0.05) is 17.7 Å². The highest BCUT2D eigenvalue weighted by Crippen LogP contribution is 2.23. The van der Waals surface area contributed by atoms with Crippen molar-refractivity contribution in [2.45, 2.75) is 12.8 Å². The zero-order valence-electron chi connectivity index (χ0n) is 15.1. The van der Waals surface area contributed by atoms with E-state index in [0.29, 0.717) is 16.7 Å². The lowest BCUT2D eigenvalue weighted by Crippen LogP contribution is -2.33. The number of pyridine rings is 1. The Balaban J connectivity index is 1.34. The summed E-state index contributed by atoms with van der Waals surface area (Å²) >= 11 is 5.94. The predicted molar refractivity (Wildman–Crippen MR) is 104 cm³/mol. The third-order valence-corrected chi connectivity index (χ3v) is 5.22. The van der Waals surface area contributed by atoms with Crippen molar-refractivity contribution < 1.29 is 9.53 Å². The van der Waals surface area contributed by atoms with Gasteiger partial charge in [0.25, 0.3) is 5.91 Å². The summed E-state index contributed by atoms with van der Waals surface area (Å²) in [4.78, 5) is 23.4. The maximum Gasteiger partial charge on any atom is 0.260 e. The summed E-state index contributed by atoms with van der Waals surface area (Å²) in [5.74, 6) is 2.02.